The lowest BCUT2D eigenvalue weighted by atomic mass is 9.81. The molecular formula is C24H22ClN3O2. The molecule has 152 valence electrons. The number of halogens is 1. The van der Waals surface area contributed by atoms with E-state index in [1.165, 1.54) is 11.8 Å². The minimum atomic E-state index is -0.386. The minimum absolute atomic E-state index is 0.0261. The molecule has 0 saturated carbocycles. The lowest BCUT2D eigenvalue weighted by molar-refractivity contribution is 0.0962. The van der Waals surface area contributed by atoms with Crippen molar-refractivity contribution in [2.45, 2.75) is 38.5 Å². The highest BCUT2D eigenvalue weighted by molar-refractivity contribution is 6.34. The van der Waals surface area contributed by atoms with Gasteiger partial charge in [-0.25, -0.2) is 9.97 Å². The Balaban J connectivity index is 1.56. The van der Waals surface area contributed by atoms with Gasteiger partial charge in [0.05, 0.1) is 21.8 Å². The normalized spacial score (nSPS) is 15.7. The number of benzene rings is 2. The van der Waals surface area contributed by atoms with Gasteiger partial charge >= 0.3 is 0 Å². The number of amides is 1. The number of aromatic nitrogens is 2. The van der Waals surface area contributed by atoms with E-state index < -0.39 is 0 Å². The van der Waals surface area contributed by atoms with Gasteiger partial charge in [0.15, 0.2) is 5.78 Å². The van der Waals surface area contributed by atoms with Gasteiger partial charge in [0, 0.05) is 12.6 Å². The van der Waals surface area contributed by atoms with Crippen molar-refractivity contribution in [2.75, 3.05) is 5.32 Å². The number of carbonyl (C=O) groups is 2. The Morgan fingerprint density at radius 1 is 1.10 bits per heavy atom. The summed E-state index contributed by atoms with van der Waals surface area (Å²) in [5.41, 5.74) is 3.93. The van der Waals surface area contributed by atoms with Crippen LogP contribution in [0.2, 0.25) is 5.02 Å². The molecule has 0 radical (unpaired) electrons. The fourth-order valence-electron chi connectivity index (χ4n) is 3.71. The average molecular weight is 420 g/mol. The summed E-state index contributed by atoms with van der Waals surface area (Å²) in [6.45, 7) is 4.31. The first-order valence-electron chi connectivity index (χ1n) is 9.97. The molecule has 1 unspecified atom stereocenters. The van der Waals surface area contributed by atoms with Crippen molar-refractivity contribution in [3.8, 4) is 0 Å². The van der Waals surface area contributed by atoms with Crippen LogP contribution in [0.4, 0.5) is 5.95 Å². The molecule has 5 nitrogen and oxygen atoms in total. The number of rotatable bonds is 4. The summed E-state index contributed by atoms with van der Waals surface area (Å²) in [4.78, 5) is 33.8. The van der Waals surface area contributed by atoms with Crippen LogP contribution in [0.5, 0.6) is 0 Å². The third-order valence-electron chi connectivity index (χ3n) is 5.46. The second kappa shape index (κ2) is 8.36. The number of ketones is 1. The molecule has 0 fully saturated rings. The average Bonchev–Trinajstić information content (AvgIpc) is 2.73. The zero-order chi connectivity index (χ0) is 21.3. The van der Waals surface area contributed by atoms with Crippen LogP contribution in [0.1, 0.15) is 69.6 Å². The molecule has 0 bridgehead atoms. The fourth-order valence-corrected chi connectivity index (χ4v) is 3.93. The van der Waals surface area contributed by atoms with Crippen molar-refractivity contribution >= 4 is 29.2 Å². The van der Waals surface area contributed by atoms with Crippen molar-refractivity contribution in [1.29, 1.82) is 0 Å². The zero-order valence-corrected chi connectivity index (χ0v) is 17.6. The Labute approximate surface area is 180 Å². The summed E-state index contributed by atoms with van der Waals surface area (Å²) in [6.07, 6.45) is 2.56. The summed E-state index contributed by atoms with van der Waals surface area (Å²) in [5, 5.41) is 3.04. The first-order valence-corrected chi connectivity index (χ1v) is 10.3. The van der Waals surface area contributed by atoms with Crippen LogP contribution in [-0.2, 0) is 6.42 Å². The third-order valence-corrected chi connectivity index (χ3v) is 5.79. The molecule has 1 aliphatic carbocycles. The molecule has 1 atom stereocenters. The molecule has 2 aromatic carbocycles. The molecule has 30 heavy (non-hydrogen) atoms. The Bertz CT molecular complexity index is 1110. The Morgan fingerprint density at radius 2 is 1.83 bits per heavy atom. The predicted octanol–water partition coefficient (Wildman–Crippen LogP) is 5.42. The smallest absolute Gasteiger partial charge is 0.259 e. The number of Topliss-reactive ketones (excluding diaryl/α,β-unsaturated/α-hetero) is 1. The molecule has 0 saturated heterocycles. The number of nitrogens with one attached hydrogen (secondary N) is 1. The molecule has 1 aromatic heterocycles. The summed E-state index contributed by atoms with van der Waals surface area (Å²) < 4.78 is 0. The van der Waals surface area contributed by atoms with E-state index in [1.807, 2.05) is 0 Å². The topological polar surface area (TPSA) is 72.0 Å². The van der Waals surface area contributed by atoms with E-state index in [2.05, 4.69) is 53.4 Å². The van der Waals surface area contributed by atoms with E-state index in [0.717, 1.165) is 5.56 Å². The van der Waals surface area contributed by atoms with Gasteiger partial charge in [0.2, 0.25) is 5.95 Å². The molecule has 3 aromatic rings. The summed E-state index contributed by atoms with van der Waals surface area (Å²) >= 11 is 6.09. The van der Waals surface area contributed by atoms with E-state index in [9.17, 15) is 9.59 Å². The maximum absolute atomic E-state index is 12.7. The van der Waals surface area contributed by atoms with Gasteiger partial charge in [-0.2, -0.15) is 0 Å². The van der Waals surface area contributed by atoms with Gasteiger partial charge in [-0.15, -0.1) is 0 Å². The zero-order valence-electron chi connectivity index (χ0n) is 16.9. The fraction of sp³-hybridized carbons (Fsp3) is 0.250. The van der Waals surface area contributed by atoms with Crippen molar-refractivity contribution < 1.29 is 9.59 Å². The first kappa shape index (κ1) is 20.2. The van der Waals surface area contributed by atoms with E-state index in [0.29, 0.717) is 40.6 Å². The van der Waals surface area contributed by atoms with E-state index >= 15 is 0 Å². The summed E-state index contributed by atoms with van der Waals surface area (Å²) in [5.74, 6) is 0.335. The van der Waals surface area contributed by atoms with Crippen LogP contribution < -0.4 is 5.32 Å². The van der Waals surface area contributed by atoms with Gasteiger partial charge in [0.1, 0.15) is 0 Å². The van der Waals surface area contributed by atoms with Crippen LogP contribution in [0, 0.1) is 0 Å². The molecule has 1 aliphatic rings. The van der Waals surface area contributed by atoms with Crippen LogP contribution in [0.15, 0.2) is 54.7 Å². The van der Waals surface area contributed by atoms with Gasteiger partial charge in [-0.05, 0) is 41.5 Å². The minimum Gasteiger partial charge on any atom is -0.294 e. The van der Waals surface area contributed by atoms with E-state index in [-0.39, 0.29) is 23.6 Å². The summed E-state index contributed by atoms with van der Waals surface area (Å²) in [7, 11) is 0. The second-order valence-electron chi connectivity index (χ2n) is 7.84. The first-order chi connectivity index (χ1) is 14.4. The predicted molar refractivity (Wildman–Crippen MR) is 117 cm³/mol. The van der Waals surface area contributed by atoms with Gasteiger partial charge in [0.25, 0.3) is 5.91 Å². The van der Waals surface area contributed by atoms with E-state index in [1.54, 1.807) is 24.3 Å². The third kappa shape index (κ3) is 4.12. The van der Waals surface area contributed by atoms with E-state index in [4.69, 9.17) is 11.6 Å². The van der Waals surface area contributed by atoms with Gasteiger partial charge in [-0.1, -0.05) is 61.8 Å². The molecular weight excluding hydrogens is 398 g/mol. The lowest BCUT2D eigenvalue weighted by Crippen LogP contribution is -2.22. The largest absolute Gasteiger partial charge is 0.294 e. The van der Waals surface area contributed by atoms with Gasteiger partial charge < -0.3 is 0 Å². The Morgan fingerprint density at radius 3 is 2.53 bits per heavy atom. The molecule has 1 heterocycles. The van der Waals surface area contributed by atoms with Crippen molar-refractivity contribution in [3.05, 3.63) is 87.7 Å². The monoisotopic (exact) mass is 419 g/mol. The molecule has 0 spiro atoms. The number of fused-ring (bicyclic) bond motifs is 1. The SMILES string of the molecule is CC(C)c1ccc(C2CC(=O)c3cnc(NC(=O)c4ccccc4Cl)nc3C2)cc1. The quantitative estimate of drug-likeness (QED) is 0.613. The lowest BCUT2D eigenvalue weighted by Gasteiger charge is -2.23. The number of carbonyl (C=O) groups excluding carboxylic acids is 2. The number of nitrogens with zero attached hydrogens (tertiary/aromatic N) is 2. The van der Waals surface area contributed by atoms with Crippen molar-refractivity contribution in [2.24, 2.45) is 0 Å². The highest BCUT2D eigenvalue weighted by atomic mass is 35.5. The second-order valence-corrected chi connectivity index (χ2v) is 8.24. The molecule has 4 rings (SSSR count). The standard InChI is InChI=1S/C24H22ClN3O2/c1-14(2)15-7-9-16(10-8-15)17-11-21-19(22(29)12-17)13-26-24(27-21)28-23(30)18-5-3-4-6-20(18)25/h3-10,13-14,17H,11-12H2,1-2H3,(H,26,27,28,30). The molecule has 1 amide bonds. The maximum atomic E-state index is 12.7. The molecule has 6 heteroatoms. The summed E-state index contributed by atoms with van der Waals surface area (Å²) in [6, 6.07) is 15.2. The Hall–Kier alpha value is -3.05. The van der Waals surface area contributed by atoms with Crippen LogP contribution >= 0.6 is 11.6 Å². The number of hydrogen-bond donors (Lipinski definition) is 1. The molecule has 0 aliphatic heterocycles. The van der Waals surface area contributed by atoms with Crippen LogP contribution in [0.3, 0.4) is 0 Å². The Kier molecular flexibility index (Phi) is 5.64. The highest BCUT2D eigenvalue weighted by Gasteiger charge is 2.28. The molecule has 1 N–H and O–H groups in total. The van der Waals surface area contributed by atoms with Crippen molar-refractivity contribution in [3.63, 3.8) is 0 Å². The van der Waals surface area contributed by atoms with Gasteiger partial charge in [-0.3, -0.25) is 14.9 Å². The highest BCUT2D eigenvalue weighted by Crippen LogP contribution is 2.32. The number of hydrogen-bond acceptors (Lipinski definition) is 4. The van der Waals surface area contributed by atoms with Crippen molar-refractivity contribution in [1.82, 2.24) is 9.97 Å². The van der Waals surface area contributed by atoms with Crippen LogP contribution in [0.25, 0.3) is 0 Å². The van der Waals surface area contributed by atoms with Crippen LogP contribution in [-0.4, -0.2) is 21.7 Å². The number of anilines is 1. The maximum Gasteiger partial charge on any atom is 0.259 e.